The van der Waals surface area contributed by atoms with E-state index in [4.69, 9.17) is 0 Å². The van der Waals surface area contributed by atoms with Crippen LogP contribution >= 0.6 is 11.3 Å². The Labute approximate surface area is 146 Å². The van der Waals surface area contributed by atoms with E-state index in [1.165, 1.54) is 6.07 Å². The van der Waals surface area contributed by atoms with Gasteiger partial charge in [0.2, 0.25) is 10.0 Å². The first-order valence-corrected chi connectivity index (χ1v) is 10.3. The molecule has 3 rings (SSSR count). The number of amides is 1. The molecule has 5 nitrogen and oxygen atoms in total. The molecule has 1 aliphatic rings. The number of sulfonamides is 1. The lowest BCUT2D eigenvalue weighted by Gasteiger charge is -2.13. The fourth-order valence-corrected chi connectivity index (χ4v) is 4.95. The number of carbonyl (C=O) groups excluding carboxylic acids is 1. The van der Waals surface area contributed by atoms with Gasteiger partial charge in [-0.25, -0.2) is 13.1 Å². The van der Waals surface area contributed by atoms with Crippen LogP contribution in [0.2, 0.25) is 0 Å². The fraction of sp³-hybridized carbons (Fsp3) is 0.353. The van der Waals surface area contributed by atoms with Gasteiger partial charge in [0, 0.05) is 25.0 Å². The summed E-state index contributed by atoms with van der Waals surface area (Å²) in [5.41, 5.74) is 1.54. The average molecular weight is 364 g/mol. The molecule has 0 radical (unpaired) electrons. The lowest BCUT2D eigenvalue weighted by molar-refractivity contribution is 0.0793. The number of rotatable bonds is 6. The largest absolute Gasteiger partial charge is 0.339 e. The Hall–Kier alpha value is -1.70. The van der Waals surface area contributed by atoms with Crippen molar-refractivity contribution in [1.29, 1.82) is 0 Å². The second-order valence-electron chi connectivity index (χ2n) is 5.79. The second kappa shape index (κ2) is 7.46. The Bertz CT molecular complexity index is 794. The van der Waals surface area contributed by atoms with Crippen LogP contribution in [-0.2, 0) is 16.4 Å². The zero-order chi connectivity index (χ0) is 17.0. The number of likely N-dealkylation sites (tertiary alicyclic amines) is 1. The number of nitrogens with zero attached hydrogens (tertiary/aromatic N) is 1. The van der Waals surface area contributed by atoms with Crippen molar-refractivity contribution in [3.8, 4) is 0 Å². The maximum Gasteiger partial charge on any atom is 0.254 e. The van der Waals surface area contributed by atoms with Crippen molar-refractivity contribution in [2.45, 2.75) is 23.5 Å². The van der Waals surface area contributed by atoms with Gasteiger partial charge in [-0.15, -0.1) is 11.3 Å². The van der Waals surface area contributed by atoms with Crippen molar-refractivity contribution in [2.24, 2.45) is 0 Å². The minimum Gasteiger partial charge on any atom is -0.339 e. The molecule has 1 aromatic carbocycles. The third-order valence-electron chi connectivity index (χ3n) is 4.03. The normalized spacial score (nSPS) is 14.9. The van der Waals surface area contributed by atoms with Crippen molar-refractivity contribution in [1.82, 2.24) is 9.62 Å². The molecule has 2 aromatic rings. The zero-order valence-corrected chi connectivity index (χ0v) is 14.9. The number of thiophene rings is 1. The van der Waals surface area contributed by atoms with E-state index >= 15 is 0 Å². The summed E-state index contributed by atoms with van der Waals surface area (Å²) in [7, 11) is -3.57. The van der Waals surface area contributed by atoms with Crippen LogP contribution in [0, 0.1) is 0 Å². The molecule has 1 aliphatic heterocycles. The Morgan fingerprint density at radius 3 is 2.58 bits per heavy atom. The van der Waals surface area contributed by atoms with E-state index in [2.05, 4.69) is 4.72 Å². The maximum absolute atomic E-state index is 12.4. The molecule has 2 heterocycles. The quantitative estimate of drug-likeness (QED) is 0.856. The van der Waals surface area contributed by atoms with Crippen LogP contribution in [0.4, 0.5) is 0 Å². The third-order valence-corrected chi connectivity index (χ3v) is 6.93. The molecular weight excluding hydrogens is 344 g/mol. The van der Waals surface area contributed by atoms with E-state index in [0.29, 0.717) is 18.5 Å². The highest BCUT2D eigenvalue weighted by Gasteiger charge is 2.23. The summed E-state index contributed by atoms with van der Waals surface area (Å²) in [5.74, 6) is -0.0746. The van der Waals surface area contributed by atoms with Crippen molar-refractivity contribution < 1.29 is 13.2 Å². The molecule has 128 valence electrons. The van der Waals surface area contributed by atoms with Crippen molar-refractivity contribution in [3.63, 3.8) is 0 Å². The first-order chi connectivity index (χ1) is 11.6. The number of benzene rings is 1. The summed E-state index contributed by atoms with van der Waals surface area (Å²) in [4.78, 5) is 14.1. The topological polar surface area (TPSA) is 66.5 Å². The van der Waals surface area contributed by atoms with E-state index in [1.807, 2.05) is 30.3 Å². The summed E-state index contributed by atoms with van der Waals surface area (Å²) >= 11 is 1.09. The summed E-state index contributed by atoms with van der Waals surface area (Å²) in [6.07, 6.45) is 2.66. The van der Waals surface area contributed by atoms with Crippen LogP contribution in [0.1, 0.15) is 28.8 Å². The lowest BCUT2D eigenvalue weighted by Crippen LogP contribution is -2.27. The van der Waals surface area contributed by atoms with Gasteiger partial charge in [-0.3, -0.25) is 4.79 Å². The Morgan fingerprint density at radius 1 is 1.17 bits per heavy atom. The van der Waals surface area contributed by atoms with Gasteiger partial charge in [-0.05, 0) is 30.9 Å². The second-order valence-corrected chi connectivity index (χ2v) is 8.69. The highest BCUT2D eigenvalue weighted by atomic mass is 32.2. The standard InChI is InChI=1S/C17H20N2O3S2/c20-17(19-10-4-5-11-19)15-12-16(23-13-15)24(21,22)18-9-8-14-6-2-1-3-7-14/h1-3,6-7,12-13,18H,4-5,8-11H2. The monoisotopic (exact) mass is 364 g/mol. The highest BCUT2D eigenvalue weighted by Crippen LogP contribution is 2.22. The van der Waals surface area contributed by atoms with Gasteiger partial charge in [0.25, 0.3) is 5.91 Å². The summed E-state index contributed by atoms with van der Waals surface area (Å²) in [6, 6.07) is 11.2. The predicted octanol–water partition coefficient (Wildman–Crippen LogP) is 2.51. The Morgan fingerprint density at radius 2 is 1.88 bits per heavy atom. The summed E-state index contributed by atoms with van der Waals surface area (Å²) in [6.45, 7) is 1.85. The molecule has 1 saturated heterocycles. The van der Waals surface area contributed by atoms with Crippen molar-refractivity contribution >= 4 is 27.3 Å². The van der Waals surface area contributed by atoms with Gasteiger partial charge < -0.3 is 4.90 Å². The fourth-order valence-electron chi connectivity index (χ4n) is 2.72. The molecular formula is C17H20N2O3S2. The van der Waals surface area contributed by atoms with Gasteiger partial charge in [0.15, 0.2) is 0 Å². The molecule has 0 atom stereocenters. The molecule has 1 N–H and O–H groups in total. The Kier molecular flexibility index (Phi) is 5.33. The first kappa shape index (κ1) is 17.1. The predicted molar refractivity (Wildman–Crippen MR) is 94.8 cm³/mol. The van der Waals surface area contributed by atoms with Crippen molar-refractivity contribution in [2.75, 3.05) is 19.6 Å². The number of hydrogen-bond donors (Lipinski definition) is 1. The van der Waals surface area contributed by atoms with Gasteiger partial charge in [0.05, 0.1) is 5.56 Å². The van der Waals surface area contributed by atoms with E-state index in [0.717, 1.165) is 42.8 Å². The molecule has 0 bridgehead atoms. The number of nitrogens with one attached hydrogen (secondary N) is 1. The van der Waals surface area contributed by atoms with E-state index in [9.17, 15) is 13.2 Å². The SMILES string of the molecule is O=C(c1csc(S(=O)(=O)NCCc2ccccc2)c1)N1CCCC1. The molecule has 0 unspecified atom stereocenters. The Balaban J connectivity index is 1.61. The number of hydrogen-bond acceptors (Lipinski definition) is 4. The smallest absolute Gasteiger partial charge is 0.254 e. The molecule has 24 heavy (non-hydrogen) atoms. The van der Waals surface area contributed by atoms with Gasteiger partial charge in [-0.2, -0.15) is 0 Å². The van der Waals surface area contributed by atoms with E-state index in [1.54, 1.807) is 10.3 Å². The zero-order valence-electron chi connectivity index (χ0n) is 13.3. The van der Waals surface area contributed by atoms with Crippen LogP contribution in [0.5, 0.6) is 0 Å². The third kappa shape index (κ3) is 4.03. The molecule has 0 spiro atoms. The molecule has 1 amide bonds. The molecule has 0 aliphatic carbocycles. The molecule has 7 heteroatoms. The first-order valence-electron chi connectivity index (χ1n) is 7.98. The van der Waals surface area contributed by atoms with Crippen LogP contribution in [-0.4, -0.2) is 38.9 Å². The average Bonchev–Trinajstić information content (AvgIpc) is 3.27. The lowest BCUT2D eigenvalue weighted by atomic mass is 10.2. The van der Waals surface area contributed by atoms with Crippen LogP contribution in [0.25, 0.3) is 0 Å². The molecule has 0 saturated carbocycles. The maximum atomic E-state index is 12.4. The van der Waals surface area contributed by atoms with Crippen LogP contribution in [0.3, 0.4) is 0 Å². The van der Waals surface area contributed by atoms with Crippen LogP contribution in [0.15, 0.2) is 46.0 Å². The summed E-state index contributed by atoms with van der Waals surface area (Å²) < 4.78 is 27.5. The van der Waals surface area contributed by atoms with E-state index < -0.39 is 10.0 Å². The van der Waals surface area contributed by atoms with Crippen LogP contribution < -0.4 is 4.72 Å². The number of carbonyl (C=O) groups is 1. The minimum absolute atomic E-state index is 0.0746. The summed E-state index contributed by atoms with van der Waals surface area (Å²) in [5, 5.41) is 1.63. The minimum atomic E-state index is -3.57. The van der Waals surface area contributed by atoms with Gasteiger partial charge >= 0.3 is 0 Å². The van der Waals surface area contributed by atoms with Gasteiger partial charge in [0.1, 0.15) is 4.21 Å². The highest BCUT2D eigenvalue weighted by molar-refractivity contribution is 7.91. The molecule has 1 fully saturated rings. The molecule has 1 aromatic heterocycles. The van der Waals surface area contributed by atoms with Crippen molar-refractivity contribution in [3.05, 3.63) is 52.9 Å². The van der Waals surface area contributed by atoms with Gasteiger partial charge in [-0.1, -0.05) is 30.3 Å². The van der Waals surface area contributed by atoms with E-state index in [-0.39, 0.29) is 10.1 Å².